The molecule has 0 saturated heterocycles. The monoisotopic (exact) mass is 195 g/mol. The highest BCUT2D eigenvalue weighted by Gasteiger charge is 2.18. The van der Waals surface area contributed by atoms with Gasteiger partial charge < -0.3 is 10.7 Å². The molecule has 0 bridgehead atoms. The molecule has 0 aliphatic carbocycles. The Morgan fingerprint density at radius 2 is 1.79 bits per heavy atom. The fraction of sp³-hybridized carbons (Fsp3) is 0.556. The highest BCUT2D eigenvalue weighted by atomic mass is 15.3. The summed E-state index contributed by atoms with van der Waals surface area (Å²) in [7, 11) is 1.81. The fourth-order valence-corrected chi connectivity index (χ4v) is 0.985. The molecule has 4 N–H and O–H groups in total. The third kappa shape index (κ3) is 2.32. The van der Waals surface area contributed by atoms with E-state index < -0.39 is 0 Å². The quantitative estimate of drug-likeness (QED) is 0.486. The maximum Gasteiger partial charge on any atom is 0.145 e. The zero-order chi connectivity index (χ0) is 10.8. The molecule has 0 amide bonds. The molecular weight excluding hydrogens is 178 g/mol. The molecule has 0 aromatic carbocycles. The summed E-state index contributed by atoms with van der Waals surface area (Å²) < 4.78 is 0. The lowest BCUT2D eigenvalue weighted by atomic mass is 9.96. The predicted octanol–water partition coefficient (Wildman–Crippen LogP) is 1.10. The minimum atomic E-state index is -0.0849. The first-order chi connectivity index (χ1) is 6.47. The van der Waals surface area contributed by atoms with Gasteiger partial charge in [0.05, 0.1) is 0 Å². The Kier molecular flexibility index (Phi) is 2.90. The summed E-state index contributed by atoms with van der Waals surface area (Å²) >= 11 is 0. The second-order valence-electron chi connectivity index (χ2n) is 4.11. The van der Waals surface area contributed by atoms with E-state index in [9.17, 15) is 0 Å². The maximum absolute atomic E-state index is 5.32. The zero-order valence-corrected chi connectivity index (χ0v) is 9.05. The van der Waals surface area contributed by atoms with Gasteiger partial charge in [-0.25, -0.2) is 15.8 Å². The summed E-state index contributed by atoms with van der Waals surface area (Å²) in [6, 6.07) is 1.76. The topological polar surface area (TPSA) is 75.9 Å². The van der Waals surface area contributed by atoms with E-state index in [2.05, 4.69) is 41.5 Å². The van der Waals surface area contributed by atoms with Crippen molar-refractivity contribution in [3.05, 3.63) is 11.9 Å². The SMILES string of the molecule is CNc1cc(NN)nc(C(C)(C)C)n1. The van der Waals surface area contributed by atoms with Crippen molar-refractivity contribution in [2.75, 3.05) is 17.8 Å². The smallest absolute Gasteiger partial charge is 0.145 e. The van der Waals surface area contributed by atoms with Crippen LogP contribution in [-0.4, -0.2) is 17.0 Å². The van der Waals surface area contributed by atoms with Gasteiger partial charge in [0.2, 0.25) is 0 Å². The third-order valence-electron chi connectivity index (χ3n) is 1.80. The molecule has 0 aliphatic rings. The van der Waals surface area contributed by atoms with Crippen molar-refractivity contribution in [1.29, 1.82) is 0 Å². The molecule has 5 heteroatoms. The summed E-state index contributed by atoms with van der Waals surface area (Å²) in [6.07, 6.45) is 0. The van der Waals surface area contributed by atoms with Gasteiger partial charge in [0.1, 0.15) is 17.5 Å². The van der Waals surface area contributed by atoms with E-state index in [0.29, 0.717) is 5.82 Å². The van der Waals surface area contributed by atoms with E-state index in [1.54, 1.807) is 6.07 Å². The van der Waals surface area contributed by atoms with Crippen LogP contribution in [-0.2, 0) is 5.41 Å². The van der Waals surface area contributed by atoms with E-state index in [0.717, 1.165) is 11.6 Å². The first-order valence-electron chi connectivity index (χ1n) is 4.51. The fourth-order valence-electron chi connectivity index (χ4n) is 0.985. The molecule has 0 radical (unpaired) electrons. The van der Waals surface area contributed by atoms with Gasteiger partial charge in [0.15, 0.2) is 0 Å². The van der Waals surface area contributed by atoms with E-state index in [4.69, 9.17) is 5.84 Å². The lowest BCUT2D eigenvalue weighted by Crippen LogP contribution is -2.19. The summed E-state index contributed by atoms with van der Waals surface area (Å²) in [5.41, 5.74) is 2.44. The second-order valence-corrected chi connectivity index (χ2v) is 4.11. The van der Waals surface area contributed by atoms with Crippen LogP contribution in [0.25, 0.3) is 0 Å². The minimum absolute atomic E-state index is 0.0849. The molecule has 0 spiro atoms. The lowest BCUT2D eigenvalue weighted by molar-refractivity contribution is 0.547. The number of rotatable bonds is 2. The van der Waals surface area contributed by atoms with Gasteiger partial charge in [-0.15, -0.1) is 0 Å². The van der Waals surface area contributed by atoms with Crippen LogP contribution in [0.4, 0.5) is 11.6 Å². The third-order valence-corrected chi connectivity index (χ3v) is 1.80. The molecule has 1 heterocycles. The molecular formula is C9H17N5. The number of hydrazine groups is 1. The van der Waals surface area contributed by atoms with E-state index >= 15 is 0 Å². The number of nitrogen functional groups attached to an aromatic ring is 1. The largest absolute Gasteiger partial charge is 0.373 e. The van der Waals surface area contributed by atoms with Crippen molar-refractivity contribution in [3.8, 4) is 0 Å². The van der Waals surface area contributed by atoms with Crippen LogP contribution in [0, 0.1) is 0 Å². The highest BCUT2D eigenvalue weighted by molar-refractivity contribution is 5.46. The molecule has 78 valence electrons. The van der Waals surface area contributed by atoms with Crippen LogP contribution in [0.2, 0.25) is 0 Å². The standard InChI is InChI=1S/C9H17N5/c1-9(2,3)8-12-6(11-4)5-7(13-8)14-10/h5H,10H2,1-4H3,(H2,11,12,13,14). The number of anilines is 2. The van der Waals surface area contributed by atoms with E-state index in [1.165, 1.54) is 0 Å². The molecule has 1 rings (SSSR count). The second kappa shape index (κ2) is 3.79. The van der Waals surface area contributed by atoms with Crippen molar-refractivity contribution in [1.82, 2.24) is 9.97 Å². The summed E-state index contributed by atoms with van der Waals surface area (Å²) in [6.45, 7) is 6.17. The van der Waals surface area contributed by atoms with Crippen molar-refractivity contribution in [2.24, 2.45) is 5.84 Å². The van der Waals surface area contributed by atoms with Crippen LogP contribution >= 0.6 is 0 Å². The number of nitrogens with two attached hydrogens (primary N) is 1. The van der Waals surface area contributed by atoms with Crippen LogP contribution in [0.3, 0.4) is 0 Å². The van der Waals surface area contributed by atoms with E-state index in [-0.39, 0.29) is 5.41 Å². The molecule has 0 unspecified atom stereocenters. The lowest BCUT2D eigenvalue weighted by Gasteiger charge is -2.18. The Hall–Kier alpha value is -1.36. The van der Waals surface area contributed by atoms with Crippen LogP contribution in [0.5, 0.6) is 0 Å². The van der Waals surface area contributed by atoms with Crippen molar-refractivity contribution in [2.45, 2.75) is 26.2 Å². The molecule has 0 atom stereocenters. The Morgan fingerprint density at radius 3 is 2.21 bits per heavy atom. The molecule has 0 saturated carbocycles. The van der Waals surface area contributed by atoms with Gasteiger partial charge in [-0.05, 0) is 0 Å². The molecule has 1 aromatic rings. The van der Waals surface area contributed by atoms with Gasteiger partial charge >= 0.3 is 0 Å². The van der Waals surface area contributed by atoms with Crippen molar-refractivity contribution < 1.29 is 0 Å². The van der Waals surface area contributed by atoms with Crippen LogP contribution in [0.1, 0.15) is 26.6 Å². The number of nitrogens with one attached hydrogen (secondary N) is 2. The van der Waals surface area contributed by atoms with Crippen molar-refractivity contribution >= 4 is 11.6 Å². The van der Waals surface area contributed by atoms with Crippen LogP contribution < -0.4 is 16.6 Å². The van der Waals surface area contributed by atoms with Crippen LogP contribution in [0.15, 0.2) is 6.07 Å². The molecule has 0 fully saturated rings. The minimum Gasteiger partial charge on any atom is -0.373 e. The molecule has 1 aromatic heterocycles. The first-order valence-corrected chi connectivity index (χ1v) is 4.51. The zero-order valence-electron chi connectivity index (χ0n) is 9.05. The predicted molar refractivity (Wildman–Crippen MR) is 58.1 cm³/mol. The number of hydrogen-bond acceptors (Lipinski definition) is 5. The normalized spacial score (nSPS) is 11.2. The van der Waals surface area contributed by atoms with Gasteiger partial charge in [0, 0.05) is 18.5 Å². The molecule has 14 heavy (non-hydrogen) atoms. The van der Waals surface area contributed by atoms with E-state index in [1.807, 2.05) is 7.05 Å². The Balaban J connectivity index is 3.17. The van der Waals surface area contributed by atoms with Gasteiger partial charge in [0.25, 0.3) is 0 Å². The first kappa shape index (κ1) is 10.7. The Bertz CT molecular complexity index is 293. The summed E-state index contributed by atoms with van der Waals surface area (Å²) in [5.74, 6) is 7.46. The summed E-state index contributed by atoms with van der Waals surface area (Å²) in [5, 5.41) is 2.97. The average molecular weight is 195 g/mol. The van der Waals surface area contributed by atoms with Gasteiger partial charge in [-0.3, -0.25) is 0 Å². The molecule has 0 aliphatic heterocycles. The number of aromatic nitrogens is 2. The number of hydrogen-bond donors (Lipinski definition) is 3. The highest BCUT2D eigenvalue weighted by Crippen LogP contribution is 2.21. The molecule has 5 nitrogen and oxygen atoms in total. The Morgan fingerprint density at radius 1 is 1.21 bits per heavy atom. The van der Waals surface area contributed by atoms with Gasteiger partial charge in [-0.2, -0.15) is 0 Å². The summed E-state index contributed by atoms with van der Waals surface area (Å²) in [4.78, 5) is 8.64. The number of nitrogens with zero attached hydrogens (tertiary/aromatic N) is 2. The Labute approximate surface area is 84.1 Å². The van der Waals surface area contributed by atoms with Gasteiger partial charge in [-0.1, -0.05) is 20.8 Å². The average Bonchev–Trinajstić information content (AvgIpc) is 2.15. The maximum atomic E-state index is 5.32. The van der Waals surface area contributed by atoms with Crippen molar-refractivity contribution in [3.63, 3.8) is 0 Å².